The van der Waals surface area contributed by atoms with E-state index in [-0.39, 0.29) is 24.6 Å². The van der Waals surface area contributed by atoms with Crippen molar-refractivity contribution >= 4 is 41.1 Å². The van der Waals surface area contributed by atoms with E-state index < -0.39 is 24.0 Å². The van der Waals surface area contributed by atoms with Crippen LogP contribution in [0, 0.1) is 0 Å². The molecule has 2 aromatic rings. The fourth-order valence-corrected chi connectivity index (χ4v) is 2.86. The molecule has 150 valence electrons. The van der Waals surface area contributed by atoms with Crippen LogP contribution in [0.15, 0.2) is 48.5 Å². The number of rotatable bonds is 6. The van der Waals surface area contributed by atoms with Crippen molar-refractivity contribution in [3.63, 3.8) is 0 Å². The van der Waals surface area contributed by atoms with Crippen LogP contribution in [0.3, 0.4) is 0 Å². The minimum atomic E-state index is -1.06. The molecule has 4 amide bonds. The average molecular weight is 416 g/mol. The fraction of sp³-hybridized carbons (Fsp3) is 0.200. The predicted molar refractivity (Wildman–Crippen MR) is 105 cm³/mol. The van der Waals surface area contributed by atoms with E-state index in [2.05, 4.69) is 10.6 Å². The maximum Gasteiger partial charge on any atom is 0.338 e. The highest BCUT2D eigenvalue weighted by Crippen LogP contribution is 2.21. The molecule has 1 unspecified atom stereocenters. The number of nitrogens with one attached hydrogen (secondary N) is 2. The zero-order chi connectivity index (χ0) is 21.0. The van der Waals surface area contributed by atoms with Gasteiger partial charge in [-0.1, -0.05) is 35.9 Å². The number of esters is 1. The van der Waals surface area contributed by atoms with Crippen LogP contribution >= 0.6 is 11.6 Å². The quantitative estimate of drug-likeness (QED) is 0.557. The second kappa shape index (κ2) is 8.74. The number of nitrogens with zero attached hydrogens (tertiary/aromatic N) is 1. The van der Waals surface area contributed by atoms with Crippen LogP contribution in [0.2, 0.25) is 5.02 Å². The predicted octanol–water partition coefficient (Wildman–Crippen LogP) is 2.58. The summed E-state index contributed by atoms with van der Waals surface area (Å²) in [5.74, 6) is -1.57. The first-order valence-corrected chi connectivity index (χ1v) is 9.16. The summed E-state index contributed by atoms with van der Waals surface area (Å²) in [4.78, 5) is 49.1. The Hall–Kier alpha value is -3.39. The van der Waals surface area contributed by atoms with Crippen molar-refractivity contribution < 1.29 is 23.9 Å². The lowest BCUT2D eigenvalue weighted by Crippen LogP contribution is -2.31. The molecule has 0 saturated carbocycles. The molecule has 1 atom stereocenters. The van der Waals surface area contributed by atoms with Gasteiger partial charge in [-0.2, -0.15) is 0 Å². The Kier molecular flexibility index (Phi) is 6.13. The van der Waals surface area contributed by atoms with Crippen molar-refractivity contribution in [2.45, 2.75) is 19.6 Å². The standard InChI is InChI=1S/C20H18ClN3O5/c1-12(18(26)23-16-8-3-2-7-15(16)21)29-19(27)14-6-4-5-13(9-14)11-24-17(25)10-22-20(24)28/h2-9,12H,10-11H2,1H3,(H,22,28)(H,23,26). The molecule has 8 nitrogen and oxygen atoms in total. The van der Waals surface area contributed by atoms with Gasteiger partial charge in [0.25, 0.3) is 5.91 Å². The number of ether oxygens (including phenoxy) is 1. The molecule has 1 saturated heterocycles. The molecular formula is C20H18ClN3O5. The summed E-state index contributed by atoms with van der Waals surface area (Å²) >= 11 is 6.00. The Morgan fingerprint density at radius 3 is 2.66 bits per heavy atom. The minimum Gasteiger partial charge on any atom is -0.449 e. The number of halogens is 1. The maximum absolute atomic E-state index is 12.4. The van der Waals surface area contributed by atoms with E-state index in [0.29, 0.717) is 16.3 Å². The zero-order valence-electron chi connectivity index (χ0n) is 15.5. The van der Waals surface area contributed by atoms with Gasteiger partial charge >= 0.3 is 12.0 Å². The largest absolute Gasteiger partial charge is 0.449 e. The van der Waals surface area contributed by atoms with E-state index >= 15 is 0 Å². The molecule has 0 radical (unpaired) electrons. The highest BCUT2D eigenvalue weighted by atomic mass is 35.5. The van der Waals surface area contributed by atoms with Gasteiger partial charge in [-0.3, -0.25) is 14.5 Å². The first-order valence-electron chi connectivity index (χ1n) is 8.78. The molecule has 1 aliphatic rings. The molecular weight excluding hydrogens is 398 g/mol. The van der Waals surface area contributed by atoms with Gasteiger partial charge in [0, 0.05) is 0 Å². The Morgan fingerprint density at radius 2 is 1.97 bits per heavy atom. The Bertz CT molecular complexity index is 962. The molecule has 9 heteroatoms. The molecule has 2 N–H and O–H groups in total. The summed E-state index contributed by atoms with van der Waals surface area (Å²) < 4.78 is 5.22. The lowest BCUT2D eigenvalue weighted by Gasteiger charge is -2.15. The SMILES string of the molecule is CC(OC(=O)c1cccc(CN2C(=O)CNC2=O)c1)C(=O)Nc1ccccc1Cl. The van der Waals surface area contributed by atoms with Crippen LogP contribution in [0.4, 0.5) is 10.5 Å². The molecule has 29 heavy (non-hydrogen) atoms. The first-order chi connectivity index (χ1) is 13.8. The topological polar surface area (TPSA) is 105 Å². The number of amides is 4. The van der Waals surface area contributed by atoms with E-state index in [0.717, 1.165) is 4.90 Å². The second-order valence-corrected chi connectivity index (χ2v) is 6.76. The lowest BCUT2D eigenvalue weighted by molar-refractivity contribution is -0.125. The van der Waals surface area contributed by atoms with Gasteiger partial charge in [-0.05, 0) is 36.8 Å². The number of carbonyl (C=O) groups excluding carboxylic acids is 4. The molecule has 0 aliphatic carbocycles. The molecule has 3 rings (SSSR count). The number of urea groups is 1. The molecule has 0 bridgehead atoms. The molecule has 1 aliphatic heterocycles. The van der Waals surface area contributed by atoms with Crippen LogP contribution in [-0.4, -0.2) is 41.4 Å². The van der Waals surface area contributed by atoms with Crippen molar-refractivity contribution in [3.8, 4) is 0 Å². The van der Waals surface area contributed by atoms with Crippen LogP contribution in [0.25, 0.3) is 0 Å². The highest BCUT2D eigenvalue weighted by Gasteiger charge is 2.28. The van der Waals surface area contributed by atoms with Gasteiger partial charge in [-0.15, -0.1) is 0 Å². The van der Waals surface area contributed by atoms with Gasteiger partial charge in [-0.25, -0.2) is 9.59 Å². The normalized spacial score (nSPS) is 14.3. The maximum atomic E-state index is 12.4. The zero-order valence-corrected chi connectivity index (χ0v) is 16.2. The third-order valence-electron chi connectivity index (χ3n) is 4.23. The van der Waals surface area contributed by atoms with Crippen molar-refractivity contribution in [2.24, 2.45) is 0 Å². The highest BCUT2D eigenvalue weighted by molar-refractivity contribution is 6.33. The van der Waals surface area contributed by atoms with E-state index in [4.69, 9.17) is 16.3 Å². The summed E-state index contributed by atoms with van der Waals surface area (Å²) in [6.45, 7) is 1.44. The third-order valence-corrected chi connectivity index (χ3v) is 4.55. The number of imide groups is 1. The third kappa shape index (κ3) is 4.91. The Morgan fingerprint density at radius 1 is 1.21 bits per heavy atom. The Balaban J connectivity index is 1.63. The van der Waals surface area contributed by atoms with E-state index in [1.807, 2.05) is 0 Å². The second-order valence-electron chi connectivity index (χ2n) is 6.36. The van der Waals surface area contributed by atoms with Crippen LogP contribution in [-0.2, 0) is 20.9 Å². The molecule has 2 aromatic carbocycles. The summed E-state index contributed by atoms with van der Waals surface area (Å²) in [5, 5.41) is 5.40. The lowest BCUT2D eigenvalue weighted by atomic mass is 10.1. The smallest absolute Gasteiger partial charge is 0.338 e. The van der Waals surface area contributed by atoms with Crippen molar-refractivity contribution in [1.29, 1.82) is 0 Å². The summed E-state index contributed by atoms with van der Waals surface area (Å²) in [7, 11) is 0. The summed E-state index contributed by atoms with van der Waals surface area (Å²) in [5.41, 5.74) is 1.20. The van der Waals surface area contributed by atoms with Crippen LogP contribution < -0.4 is 10.6 Å². The number of para-hydroxylation sites is 1. The number of hydrogen-bond donors (Lipinski definition) is 2. The monoisotopic (exact) mass is 415 g/mol. The van der Waals surface area contributed by atoms with Gasteiger partial charge in [0.05, 0.1) is 29.4 Å². The molecule has 0 aromatic heterocycles. The first kappa shape index (κ1) is 20.3. The molecule has 1 fully saturated rings. The number of benzene rings is 2. The van der Waals surface area contributed by atoms with Crippen LogP contribution in [0.5, 0.6) is 0 Å². The fourth-order valence-electron chi connectivity index (χ4n) is 2.67. The number of hydrogen-bond acceptors (Lipinski definition) is 5. The number of carbonyl (C=O) groups is 4. The summed E-state index contributed by atoms with van der Waals surface area (Å²) in [6.07, 6.45) is -1.06. The van der Waals surface area contributed by atoms with E-state index in [1.54, 1.807) is 36.4 Å². The molecule has 1 heterocycles. The summed E-state index contributed by atoms with van der Waals surface area (Å²) in [6, 6.07) is 12.6. The van der Waals surface area contributed by atoms with Crippen LogP contribution in [0.1, 0.15) is 22.8 Å². The number of anilines is 1. The van der Waals surface area contributed by atoms with E-state index in [9.17, 15) is 19.2 Å². The van der Waals surface area contributed by atoms with Crippen molar-refractivity contribution in [1.82, 2.24) is 10.2 Å². The minimum absolute atomic E-state index is 0.0360. The molecule has 0 spiro atoms. The van der Waals surface area contributed by atoms with E-state index in [1.165, 1.54) is 19.1 Å². The van der Waals surface area contributed by atoms with Gasteiger partial charge < -0.3 is 15.4 Å². The van der Waals surface area contributed by atoms with Gasteiger partial charge in [0.2, 0.25) is 5.91 Å². The van der Waals surface area contributed by atoms with Crippen molar-refractivity contribution in [3.05, 3.63) is 64.7 Å². The van der Waals surface area contributed by atoms with Crippen molar-refractivity contribution in [2.75, 3.05) is 11.9 Å². The van der Waals surface area contributed by atoms with Gasteiger partial charge in [0.15, 0.2) is 6.10 Å². The average Bonchev–Trinajstić information content (AvgIpc) is 3.02. The Labute approximate surface area is 171 Å². The van der Waals surface area contributed by atoms with Gasteiger partial charge in [0.1, 0.15) is 0 Å².